The van der Waals surface area contributed by atoms with Gasteiger partial charge in [0.15, 0.2) is 0 Å². The molecule has 0 radical (unpaired) electrons. The van der Waals surface area contributed by atoms with E-state index in [-0.39, 0.29) is 11.4 Å². The number of anilines is 2. The maximum absolute atomic E-state index is 12.0. The molecule has 0 saturated heterocycles. The number of hydrogen-bond acceptors (Lipinski definition) is 3. The molecular formula is C14H21N3O. The molecule has 3 N–H and O–H groups in total. The van der Waals surface area contributed by atoms with E-state index in [9.17, 15) is 4.79 Å². The minimum Gasteiger partial charge on any atom is -0.388 e. The van der Waals surface area contributed by atoms with Crippen LogP contribution < -0.4 is 16.0 Å². The van der Waals surface area contributed by atoms with Crippen LogP contribution in [0.15, 0.2) is 18.2 Å². The molecule has 1 aromatic rings. The lowest BCUT2D eigenvalue weighted by molar-refractivity contribution is -0.119. The van der Waals surface area contributed by atoms with Crippen molar-refractivity contribution in [2.75, 3.05) is 23.8 Å². The van der Waals surface area contributed by atoms with Crippen LogP contribution in [0.2, 0.25) is 0 Å². The zero-order valence-corrected chi connectivity index (χ0v) is 11.3. The summed E-state index contributed by atoms with van der Waals surface area (Å²) in [4.78, 5) is 13.9. The van der Waals surface area contributed by atoms with Gasteiger partial charge in [-0.05, 0) is 44.0 Å². The first kappa shape index (κ1) is 12.9. The van der Waals surface area contributed by atoms with Gasteiger partial charge in [0.2, 0.25) is 5.91 Å². The van der Waals surface area contributed by atoms with Crippen LogP contribution in [0.1, 0.15) is 25.8 Å². The van der Waals surface area contributed by atoms with Crippen molar-refractivity contribution in [2.24, 2.45) is 5.73 Å². The lowest BCUT2D eigenvalue weighted by Gasteiger charge is -2.34. The van der Waals surface area contributed by atoms with E-state index in [4.69, 9.17) is 5.73 Å². The van der Waals surface area contributed by atoms with Crippen LogP contribution in [0.25, 0.3) is 0 Å². The number of carbonyl (C=O) groups is 1. The monoisotopic (exact) mass is 247 g/mol. The fraction of sp³-hybridized carbons (Fsp3) is 0.500. The number of carbonyl (C=O) groups excluding carboxylic acids is 1. The Morgan fingerprint density at radius 2 is 2.11 bits per heavy atom. The topological polar surface area (TPSA) is 58.4 Å². The SMILES string of the molecule is CNc1ccc2c(c1)CCC(=O)N2CC(C)(C)N. The van der Waals surface area contributed by atoms with Gasteiger partial charge in [-0.3, -0.25) is 4.79 Å². The molecule has 1 aliphatic heterocycles. The van der Waals surface area contributed by atoms with Gasteiger partial charge in [-0.1, -0.05) is 0 Å². The van der Waals surface area contributed by atoms with Crippen LogP contribution in [-0.2, 0) is 11.2 Å². The first-order chi connectivity index (χ1) is 8.40. The van der Waals surface area contributed by atoms with Crippen molar-refractivity contribution in [3.05, 3.63) is 23.8 Å². The molecule has 0 aromatic heterocycles. The average Bonchev–Trinajstić information content (AvgIpc) is 2.31. The van der Waals surface area contributed by atoms with Crippen molar-refractivity contribution in [3.63, 3.8) is 0 Å². The molecule has 1 aliphatic rings. The summed E-state index contributed by atoms with van der Waals surface area (Å²) in [6.07, 6.45) is 1.38. The van der Waals surface area contributed by atoms with E-state index in [1.165, 1.54) is 5.56 Å². The molecule has 1 aromatic carbocycles. The molecule has 0 bridgehead atoms. The van der Waals surface area contributed by atoms with Crippen molar-refractivity contribution in [1.82, 2.24) is 0 Å². The zero-order valence-electron chi connectivity index (χ0n) is 11.3. The van der Waals surface area contributed by atoms with Gasteiger partial charge in [0, 0.05) is 36.9 Å². The number of hydrogen-bond donors (Lipinski definition) is 2. The Labute approximate surface area is 108 Å². The average molecular weight is 247 g/mol. The predicted molar refractivity (Wildman–Crippen MR) is 74.9 cm³/mol. The molecule has 4 nitrogen and oxygen atoms in total. The van der Waals surface area contributed by atoms with Gasteiger partial charge in [-0.2, -0.15) is 0 Å². The largest absolute Gasteiger partial charge is 0.388 e. The molecule has 2 rings (SSSR count). The summed E-state index contributed by atoms with van der Waals surface area (Å²) in [5.74, 6) is 0.165. The van der Waals surface area contributed by atoms with Gasteiger partial charge in [-0.15, -0.1) is 0 Å². The zero-order chi connectivity index (χ0) is 13.3. The number of rotatable bonds is 3. The summed E-state index contributed by atoms with van der Waals surface area (Å²) in [5.41, 5.74) is 8.95. The van der Waals surface area contributed by atoms with E-state index in [2.05, 4.69) is 11.4 Å². The number of benzene rings is 1. The molecule has 0 saturated carbocycles. The van der Waals surface area contributed by atoms with Crippen LogP contribution in [0.4, 0.5) is 11.4 Å². The van der Waals surface area contributed by atoms with E-state index in [0.717, 1.165) is 17.8 Å². The van der Waals surface area contributed by atoms with E-state index < -0.39 is 0 Å². The Kier molecular flexibility index (Phi) is 3.30. The molecule has 1 amide bonds. The highest BCUT2D eigenvalue weighted by atomic mass is 16.2. The van der Waals surface area contributed by atoms with Crippen molar-refractivity contribution in [1.29, 1.82) is 0 Å². The number of amides is 1. The standard InChI is InChI=1S/C14H21N3O/c1-14(2,15)9-17-12-6-5-11(16-3)8-10(12)4-7-13(17)18/h5-6,8,16H,4,7,9,15H2,1-3H3. The third-order valence-electron chi connectivity index (χ3n) is 3.13. The minimum absolute atomic E-state index is 0.165. The first-order valence-corrected chi connectivity index (χ1v) is 6.30. The maximum Gasteiger partial charge on any atom is 0.227 e. The Balaban J connectivity index is 2.35. The summed E-state index contributed by atoms with van der Waals surface area (Å²) in [7, 11) is 1.90. The summed E-state index contributed by atoms with van der Waals surface area (Å²) in [6, 6.07) is 6.11. The molecule has 0 unspecified atom stereocenters. The third kappa shape index (κ3) is 2.64. The van der Waals surface area contributed by atoms with Gasteiger partial charge in [0.25, 0.3) is 0 Å². The highest BCUT2D eigenvalue weighted by molar-refractivity contribution is 5.96. The third-order valence-corrected chi connectivity index (χ3v) is 3.13. The molecule has 0 aliphatic carbocycles. The second-order valence-electron chi connectivity index (χ2n) is 5.56. The van der Waals surface area contributed by atoms with E-state index in [0.29, 0.717) is 13.0 Å². The fourth-order valence-corrected chi connectivity index (χ4v) is 2.30. The summed E-state index contributed by atoms with van der Waals surface area (Å²) >= 11 is 0. The van der Waals surface area contributed by atoms with Crippen LogP contribution in [0.3, 0.4) is 0 Å². The fourth-order valence-electron chi connectivity index (χ4n) is 2.30. The molecule has 0 spiro atoms. The van der Waals surface area contributed by atoms with E-state index >= 15 is 0 Å². The van der Waals surface area contributed by atoms with Crippen molar-refractivity contribution < 1.29 is 4.79 Å². The highest BCUT2D eigenvalue weighted by Gasteiger charge is 2.27. The van der Waals surface area contributed by atoms with Crippen LogP contribution in [-0.4, -0.2) is 25.0 Å². The predicted octanol–water partition coefficient (Wildman–Crippen LogP) is 1.74. The Bertz CT molecular complexity index is 463. The molecule has 98 valence electrons. The number of nitrogens with zero attached hydrogens (tertiary/aromatic N) is 1. The molecule has 1 heterocycles. The number of nitrogens with two attached hydrogens (primary N) is 1. The van der Waals surface area contributed by atoms with Gasteiger partial charge in [0.05, 0.1) is 0 Å². The smallest absolute Gasteiger partial charge is 0.227 e. The Morgan fingerprint density at radius 3 is 2.72 bits per heavy atom. The molecule has 0 fully saturated rings. The van der Waals surface area contributed by atoms with Crippen molar-refractivity contribution >= 4 is 17.3 Å². The van der Waals surface area contributed by atoms with Crippen molar-refractivity contribution in [2.45, 2.75) is 32.2 Å². The van der Waals surface area contributed by atoms with Gasteiger partial charge in [-0.25, -0.2) is 0 Å². The molecule has 4 heteroatoms. The number of fused-ring (bicyclic) bond motifs is 1. The van der Waals surface area contributed by atoms with Gasteiger partial charge < -0.3 is 16.0 Å². The quantitative estimate of drug-likeness (QED) is 0.855. The lowest BCUT2D eigenvalue weighted by Crippen LogP contribution is -2.49. The molecular weight excluding hydrogens is 226 g/mol. The van der Waals surface area contributed by atoms with Crippen LogP contribution in [0, 0.1) is 0 Å². The summed E-state index contributed by atoms with van der Waals surface area (Å²) < 4.78 is 0. The number of nitrogens with one attached hydrogen (secondary N) is 1. The van der Waals surface area contributed by atoms with Crippen molar-refractivity contribution in [3.8, 4) is 0 Å². The summed E-state index contributed by atoms with van der Waals surface area (Å²) in [6.45, 7) is 4.44. The lowest BCUT2D eigenvalue weighted by atomic mass is 9.97. The second kappa shape index (κ2) is 4.61. The minimum atomic E-state index is -0.383. The first-order valence-electron chi connectivity index (χ1n) is 6.30. The van der Waals surface area contributed by atoms with Gasteiger partial charge in [0.1, 0.15) is 0 Å². The Hall–Kier alpha value is -1.55. The van der Waals surface area contributed by atoms with E-state index in [1.807, 2.05) is 37.9 Å². The number of aryl methyl sites for hydroxylation is 1. The summed E-state index contributed by atoms with van der Waals surface area (Å²) in [5, 5.41) is 3.12. The van der Waals surface area contributed by atoms with Crippen LogP contribution in [0.5, 0.6) is 0 Å². The normalized spacial score (nSPS) is 15.6. The Morgan fingerprint density at radius 1 is 1.39 bits per heavy atom. The second-order valence-corrected chi connectivity index (χ2v) is 5.56. The molecule has 0 atom stereocenters. The van der Waals surface area contributed by atoms with Gasteiger partial charge >= 0.3 is 0 Å². The van der Waals surface area contributed by atoms with Crippen LogP contribution >= 0.6 is 0 Å². The maximum atomic E-state index is 12.0. The van der Waals surface area contributed by atoms with E-state index in [1.54, 1.807) is 0 Å². The molecule has 18 heavy (non-hydrogen) atoms. The highest BCUT2D eigenvalue weighted by Crippen LogP contribution is 2.30.